The first-order valence-electron chi connectivity index (χ1n) is 9.30. The van der Waals surface area contributed by atoms with Gasteiger partial charge in [-0.2, -0.15) is 9.67 Å². The molecule has 1 unspecified atom stereocenters. The number of benzene rings is 3. The lowest BCUT2D eigenvalue weighted by atomic mass is 10.3. The standard InChI is InChI=1S/C22H14FN5O2S/c23-15-11-13-18(14-12-15)31(30)22-24-20-19(21(29)27(22)16-7-3-1-4-8-16)25-26-28(20)17-9-5-2-6-10-17/h1-14H. The Labute approximate surface area is 177 Å². The number of hydrogen-bond acceptors (Lipinski definition) is 5. The maximum atomic E-state index is 13.4. The highest BCUT2D eigenvalue weighted by Gasteiger charge is 2.23. The molecular weight excluding hydrogens is 417 g/mol. The molecule has 0 bridgehead atoms. The van der Waals surface area contributed by atoms with Gasteiger partial charge in [-0.15, -0.1) is 5.10 Å². The molecule has 5 rings (SSSR count). The fourth-order valence-corrected chi connectivity index (χ4v) is 4.30. The molecule has 0 fully saturated rings. The van der Waals surface area contributed by atoms with Gasteiger partial charge in [0.25, 0.3) is 5.56 Å². The molecule has 0 radical (unpaired) electrons. The van der Waals surface area contributed by atoms with Crippen LogP contribution in [0.15, 0.2) is 99.8 Å². The van der Waals surface area contributed by atoms with Crippen molar-refractivity contribution in [1.82, 2.24) is 24.5 Å². The van der Waals surface area contributed by atoms with Crippen molar-refractivity contribution >= 4 is 22.0 Å². The SMILES string of the molecule is O=c1c2nnn(-c3ccccc3)c2nc(S(=O)c2ccc(F)cc2)n1-c1ccccc1. The Kier molecular flexibility index (Phi) is 4.72. The van der Waals surface area contributed by atoms with Crippen LogP contribution in [0.2, 0.25) is 0 Å². The number of aromatic nitrogens is 5. The lowest BCUT2D eigenvalue weighted by Crippen LogP contribution is -2.25. The van der Waals surface area contributed by atoms with Gasteiger partial charge in [0, 0.05) is 4.90 Å². The number of rotatable bonds is 4. The smallest absolute Gasteiger partial charge is 0.266 e. The van der Waals surface area contributed by atoms with Crippen molar-refractivity contribution in [3.63, 3.8) is 0 Å². The molecule has 2 aromatic heterocycles. The zero-order valence-electron chi connectivity index (χ0n) is 15.9. The van der Waals surface area contributed by atoms with Crippen molar-refractivity contribution < 1.29 is 8.60 Å². The summed E-state index contributed by atoms with van der Waals surface area (Å²) in [6, 6.07) is 23.1. The van der Waals surface area contributed by atoms with Gasteiger partial charge >= 0.3 is 0 Å². The predicted molar refractivity (Wildman–Crippen MR) is 113 cm³/mol. The van der Waals surface area contributed by atoms with Crippen LogP contribution >= 0.6 is 0 Å². The lowest BCUT2D eigenvalue weighted by Gasteiger charge is -2.12. The number of fused-ring (bicyclic) bond motifs is 1. The van der Waals surface area contributed by atoms with Gasteiger partial charge in [-0.25, -0.2) is 8.60 Å². The van der Waals surface area contributed by atoms with E-state index in [0.717, 1.165) is 0 Å². The van der Waals surface area contributed by atoms with Crippen LogP contribution in [-0.2, 0) is 10.8 Å². The van der Waals surface area contributed by atoms with Crippen LogP contribution in [0.5, 0.6) is 0 Å². The van der Waals surface area contributed by atoms with Crippen molar-refractivity contribution in [3.05, 3.63) is 101 Å². The maximum Gasteiger partial charge on any atom is 0.289 e. The molecule has 0 saturated heterocycles. The molecule has 0 N–H and O–H groups in total. The summed E-state index contributed by atoms with van der Waals surface area (Å²) in [7, 11) is -1.87. The van der Waals surface area contributed by atoms with Gasteiger partial charge < -0.3 is 0 Å². The molecule has 0 aliphatic heterocycles. The topological polar surface area (TPSA) is 82.7 Å². The number of halogens is 1. The molecule has 0 aliphatic carbocycles. The molecule has 0 aliphatic rings. The zero-order chi connectivity index (χ0) is 21.4. The molecule has 7 nitrogen and oxygen atoms in total. The molecule has 152 valence electrons. The van der Waals surface area contributed by atoms with E-state index >= 15 is 0 Å². The summed E-state index contributed by atoms with van der Waals surface area (Å²) < 4.78 is 29.5. The summed E-state index contributed by atoms with van der Waals surface area (Å²) in [5.41, 5.74) is 0.889. The molecule has 3 aromatic carbocycles. The quantitative estimate of drug-likeness (QED) is 0.408. The summed E-state index contributed by atoms with van der Waals surface area (Å²) >= 11 is 0. The molecule has 31 heavy (non-hydrogen) atoms. The van der Waals surface area contributed by atoms with Crippen molar-refractivity contribution in [2.75, 3.05) is 0 Å². The van der Waals surface area contributed by atoms with Crippen LogP contribution in [0.4, 0.5) is 4.39 Å². The molecule has 1 atom stereocenters. The van der Waals surface area contributed by atoms with Gasteiger partial charge in [0.15, 0.2) is 11.2 Å². The van der Waals surface area contributed by atoms with Crippen LogP contribution in [0, 0.1) is 5.82 Å². The van der Waals surface area contributed by atoms with E-state index in [1.165, 1.54) is 33.5 Å². The third kappa shape index (κ3) is 3.34. The minimum absolute atomic E-state index is 0.00482. The Balaban J connectivity index is 1.81. The highest BCUT2D eigenvalue weighted by atomic mass is 32.2. The summed E-state index contributed by atoms with van der Waals surface area (Å²) in [5.74, 6) is -0.448. The third-order valence-electron chi connectivity index (χ3n) is 4.65. The van der Waals surface area contributed by atoms with Gasteiger partial charge in [-0.1, -0.05) is 41.6 Å². The van der Waals surface area contributed by atoms with Gasteiger partial charge in [0.2, 0.25) is 5.16 Å². The summed E-state index contributed by atoms with van der Waals surface area (Å²) in [6.07, 6.45) is 0. The normalized spacial score (nSPS) is 12.2. The van der Waals surface area contributed by atoms with Gasteiger partial charge in [0.05, 0.1) is 11.4 Å². The molecule has 5 aromatic rings. The van der Waals surface area contributed by atoms with Crippen molar-refractivity contribution in [3.8, 4) is 11.4 Å². The molecule has 0 spiro atoms. The van der Waals surface area contributed by atoms with Crippen LogP contribution in [-0.4, -0.2) is 28.8 Å². The Morgan fingerprint density at radius 1 is 0.806 bits per heavy atom. The largest absolute Gasteiger partial charge is 0.289 e. The molecular formula is C22H14FN5O2S. The van der Waals surface area contributed by atoms with E-state index in [4.69, 9.17) is 0 Å². The van der Waals surface area contributed by atoms with E-state index in [1.807, 2.05) is 24.3 Å². The molecule has 0 saturated carbocycles. The average Bonchev–Trinajstić information content (AvgIpc) is 3.24. The highest BCUT2D eigenvalue weighted by molar-refractivity contribution is 7.85. The Bertz CT molecular complexity index is 1470. The maximum absolute atomic E-state index is 13.4. The number of para-hydroxylation sites is 2. The van der Waals surface area contributed by atoms with E-state index in [-0.39, 0.29) is 16.3 Å². The minimum atomic E-state index is -1.87. The Morgan fingerprint density at radius 3 is 2.06 bits per heavy atom. The first-order valence-corrected chi connectivity index (χ1v) is 10.4. The minimum Gasteiger partial charge on any atom is -0.266 e. The van der Waals surface area contributed by atoms with Gasteiger partial charge in [-0.3, -0.25) is 9.36 Å². The monoisotopic (exact) mass is 431 g/mol. The molecule has 0 amide bonds. The van der Waals surface area contributed by atoms with Gasteiger partial charge in [0.1, 0.15) is 16.6 Å². The first-order chi connectivity index (χ1) is 15.1. The average molecular weight is 431 g/mol. The van der Waals surface area contributed by atoms with E-state index in [1.54, 1.807) is 36.4 Å². The van der Waals surface area contributed by atoms with E-state index in [0.29, 0.717) is 16.3 Å². The van der Waals surface area contributed by atoms with Crippen LogP contribution in [0.3, 0.4) is 0 Å². The summed E-state index contributed by atoms with van der Waals surface area (Å²) in [6.45, 7) is 0. The van der Waals surface area contributed by atoms with E-state index in [9.17, 15) is 13.4 Å². The second kappa shape index (κ2) is 7.69. The summed E-state index contributed by atoms with van der Waals surface area (Å²) in [5, 5.41) is 8.12. The zero-order valence-corrected chi connectivity index (χ0v) is 16.7. The highest BCUT2D eigenvalue weighted by Crippen LogP contribution is 2.21. The first kappa shape index (κ1) is 19.0. The van der Waals surface area contributed by atoms with Crippen LogP contribution < -0.4 is 5.56 Å². The second-order valence-corrected chi connectivity index (χ2v) is 7.98. The third-order valence-corrected chi connectivity index (χ3v) is 5.96. The summed E-state index contributed by atoms with van der Waals surface area (Å²) in [4.78, 5) is 18.3. The van der Waals surface area contributed by atoms with Gasteiger partial charge in [-0.05, 0) is 48.5 Å². The Hall–Kier alpha value is -3.98. The van der Waals surface area contributed by atoms with Crippen molar-refractivity contribution in [2.45, 2.75) is 10.1 Å². The fourth-order valence-electron chi connectivity index (χ4n) is 3.18. The fraction of sp³-hybridized carbons (Fsp3) is 0. The van der Waals surface area contributed by atoms with E-state index in [2.05, 4.69) is 15.3 Å². The predicted octanol–water partition coefficient (Wildman–Crippen LogP) is 3.27. The molecule has 9 heteroatoms. The molecule has 2 heterocycles. The van der Waals surface area contributed by atoms with Crippen molar-refractivity contribution in [2.24, 2.45) is 0 Å². The number of nitrogens with zero attached hydrogens (tertiary/aromatic N) is 5. The van der Waals surface area contributed by atoms with E-state index < -0.39 is 22.2 Å². The lowest BCUT2D eigenvalue weighted by molar-refractivity contribution is 0.626. The second-order valence-electron chi connectivity index (χ2n) is 6.60. The van der Waals surface area contributed by atoms with Crippen LogP contribution in [0.1, 0.15) is 0 Å². The van der Waals surface area contributed by atoms with Crippen molar-refractivity contribution in [1.29, 1.82) is 0 Å². The number of hydrogen-bond donors (Lipinski definition) is 0. The Morgan fingerprint density at radius 2 is 1.42 bits per heavy atom. The van der Waals surface area contributed by atoms with Crippen LogP contribution in [0.25, 0.3) is 22.5 Å².